The number of hydrogen-bond donors (Lipinski definition) is 2. The number of hydrogen-bond acceptors (Lipinski definition) is 3. The first kappa shape index (κ1) is 16.0. The van der Waals surface area contributed by atoms with Crippen molar-refractivity contribution >= 4 is 11.9 Å². The molecule has 0 unspecified atom stereocenters. The van der Waals surface area contributed by atoms with Crippen LogP contribution in [0.25, 0.3) is 0 Å². The maximum atomic E-state index is 11.8. The topological polar surface area (TPSA) is 75.6 Å². The monoisotopic (exact) mass is 279 g/mol. The lowest BCUT2D eigenvalue weighted by molar-refractivity contribution is -0.139. The number of carbonyl (C=O) groups is 2. The first-order valence-corrected chi connectivity index (χ1v) is 6.41. The Labute approximate surface area is 118 Å². The van der Waals surface area contributed by atoms with Crippen LogP contribution in [0.4, 0.5) is 0 Å². The molecule has 5 heteroatoms. The standard InChI is InChI=1S/C15H21NO4/c1-15(2,3)14(19)16-9-11(13(17)18)10-7-5-6-8-12(10)20-4/h5-8,11H,9H2,1-4H3,(H,16,19)(H,17,18)/t11-/m0/s1. The summed E-state index contributed by atoms with van der Waals surface area (Å²) < 4.78 is 5.17. The Hall–Kier alpha value is -2.04. The number of para-hydroxylation sites is 1. The lowest BCUT2D eigenvalue weighted by atomic mass is 9.94. The van der Waals surface area contributed by atoms with Gasteiger partial charge in [-0.05, 0) is 6.07 Å². The van der Waals surface area contributed by atoms with Gasteiger partial charge in [-0.3, -0.25) is 9.59 Å². The SMILES string of the molecule is COc1ccccc1[C@H](CNC(=O)C(C)(C)C)C(=O)O. The number of carboxylic acid groups (broad SMARTS) is 1. The van der Waals surface area contributed by atoms with Crippen molar-refractivity contribution in [2.45, 2.75) is 26.7 Å². The minimum absolute atomic E-state index is 0.0335. The van der Waals surface area contributed by atoms with Crippen LogP contribution in [-0.4, -0.2) is 30.6 Å². The van der Waals surface area contributed by atoms with Gasteiger partial charge in [0.15, 0.2) is 0 Å². The van der Waals surface area contributed by atoms with Crippen molar-refractivity contribution < 1.29 is 19.4 Å². The summed E-state index contributed by atoms with van der Waals surface area (Å²) in [4.78, 5) is 23.3. The van der Waals surface area contributed by atoms with Crippen LogP contribution in [0.1, 0.15) is 32.3 Å². The van der Waals surface area contributed by atoms with E-state index in [0.29, 0.717) is 11.3 Å². The zero-order chi connectivity index (χ0) is 15.3. The maximum Gasteiger partial charge on any atom is 0.312 e. The van der Waals surface area contributed by atoms with Gasteiger partial charge in [-0.15, -0.1) is 0 Å². The van der Waals surface area contributed by atoms with E-state index in [1.807, 2.05) is 0 Å². The predicted octanol–water partition coefficient (Wildman–Crippen LogP) is 2.03. The van der Waals surface area contributed by atoms with E-state index in [9.17, 15) is 14.7 Å². The summed E-state index contributed by atoms with van der Waals surface area (Å²) in [5, 5.41) is 12.0. The quantitative estimate of drug-likeness (QED) is 0.864. The average Bonchev–Trinajstić information content (AvgIpc) is 2.37. The van der Waals surface area contributed by atoms with Crippen molar-refractivity contribution in [1.29, 1.82) is 0 Å². The number of carbonyl (C=O) groups excluding carboxylic acids is 1. The molecule has 0 aliphatic rings. The van der Waals surface area contributed by atoms with E-state index in [0.717, 1.165) is 0 Å². The van der Waals surface area contributed by atoms with E-state index < -0.39 is 17.3 Å². The van der Waals surface area contributed by atoms with Crippen LogP contribution >= 0.6 is 0 Å². The second-order valence-corrected chi connectivity index (χ2v) is 5.59. The number of rotatable bonds is 5. The highest BCUT2D eigenvalue weighted by Gasteiger charge is 2.27. The first-order valence-electron chi connectivity index (χ1n) is 6.41. The number of carboxylic acids is 1. The largest absolute Gasteiger partial charge is 0.496 e. The third kappa shape index (κ3) is 3.98. The fourth-order valence-corrected chi connectivity index (χ4v) is 1.74. The fourth-order valence-electron chi connectivity index (χ4n) is 1.74. The minimum atomic E-state index is -0.997. The van der Waals surface area contributed by atoms with Crippen molar-refractivity contribution in [3.8, 4) is 5.75 Å². The number of amides is 1. The molecule has 0 saturated heterocycles. The first-order chi connectivity index (χ1) is 9.27. The molecule has 20 heavy (non-hydrogen) atoms. The van der Waals surface area contributed by atoms with E-state index in [-0.39, 0.29) is 12.5 Å². The minimum Gasteiger partial charge on any atom is -0.496 e. The highest BCUT2D eigenvalue weighted by Crippen LogP contribution is 2.26. The van der Waals surface area contributed by atoms with Crippen molar-refractivity contribution in [3.05, 3.63) is 29.8 Å². The molecule has 0 saturated carbocycles. The van der Waals surface area contributed by atoms with Gasteiger partial charge in [-0.1, -0.05) is 39.0 Å². The Bertz CT molecular complexity index is 491. The normalized spacial score (nSPS) is 12.6. The molecular weight excluding hydrogens is 258 g/mol. The molecule has 0 bridgehead atoms. The summed E-state index contributed by atoms with van der Waals surface area (Å²) in [6.45, 7) is 5.37. The molecule has 1 aromatic rings. The Morgan fingerprint density at radius 3 is 2.40 bits per heavy atom. The summed E-state index contributed by atoms with van der Waals surface area (Å²) in [7, 11) is 1.49. The van der Waals surface area contributed by atoms with Gasteiger partial charge >= 0.3 is 5.97 Å². The zero-order valence-electron chi connectivity index (χ0n) is 12.3. The lowest BCUT2D eigenvalue weighted by Crippen LogP contribution is -2.38. The van der Waals surface area contributed by atoms with E-state index in [1.165, 1.54) is 7.11 Å². The van der Waals surface area contributed by atoms with Crippen molar-refractivity contribution in [3.63, 3.8) is 0 Å². The van der Waals surface area contributed by atoms with E-state index >= 15 is 0 Å². The molecule has 1 atom stereocenters. The predicted molar refractivity (Wildman–Crippen MR) is 75.8 cm³/mol. The number of benzene rings is 1. The number of nitrogens with one attached hydrogen (secondary N) is 1. The number of methoxy groups -OCH3 is 1. The molecule has 1 rings (SSSR count). The molecule has 0 heterocycles. The number of aliphatic carboxylic acids is 1. The molecule has 0 spiro atoms. The van der Waals surface area contributed by atoms with Crippen molar-refractivity contribution in [2.75, 3.05) is 13.7 Å². The van der Waals surface area contributed by atoms with Crippen molar-refractivity contribution in [2.24, 2.45) is 5.41 Å². The van der Waals surface area contributed by atoms with Crippen LogP contribution in [0, 0.1) is 5.41 Å². The zero-order valence-corrected chi connectivity index (χ0v) is 12.3. The van der Waals surface area contributed by atoms with Gasteiger partial charge in [0.05, 0.1) is 7.11 Å². The Morgan fingerprint density at radius 1 is 1.30 bits per heavy atom. The van der Waals surface area contributed by atoms with Gasteiger partial charge in [0.1, 0.15) is 11.7 Å². The van der Waals surface area contributed by atoms with Crippen LogP contribution < -0.4 is 10.1 Å². The second-order valence-electron chi connectivity index (χ2n) is 5.59. The lowest BCUT2D eigenvalue weighted by Gasteiger charge is -2.21. The molecule has 0 aliphatic carbocycles. The molecule has 2 N–H and O–H groups in total. The summed E-state index contributed by atoms with van der Waals surface area (Å²) in [5.41, 5.74) is 0.000750. The van der Waals surface area contributed by atoms with Gasteiger partial charge < -0.3 is 15.2 Å². The molecule has 0 aliphatic heterocycles. The van der Waals surface area contributed by atoms with Crippen LogP contribution in [0.5, 0.6) is 5.75 Å². The summed E-state index contributed by atoms with van der Waals surface area (Å²) in [6, 6.07) is 6.92. The molecule has 0 fully saturated rings. The molecule has 1 aromatic carbocycles. The number of ether oxygens (including phenoxy) is 1. The van der Waals surface area contributed by atoms with Crippen molar-refractivity contribution in [1.82, 2.24) is 5.32 Å². The van der Waals surface area contributed by atoms with Crippen LogP contribution in [0.15, 0.2) is 24.3 Å². The Morgan fingerprint density at radius 2 is 1.90 bits per heavy atom. The Kier molecular flexibility index (Phi) is 5.13. The molecular formula is C15H21NO4. The molecule has 1 amide bonds. The van der Waals surface area contributed by atoms with Crippen LogP contribution in [0.3, 0.4) is 0 Å². The maximum absolute atomic E-state index is 11.8. The van der Waals surface area contributed by atoms with E-state index in [4.69, 9.17) is 4.74 Å². The molecule has 0 aromatic heterocycles. The van der Waals surface area contributed by atoms with Gasteiger partial charge in [0.25, 0.3) is 0 Å². The average molecular weight is 279 g/mol. The van der Waals surface area contributed by atoms with Gasteiger partial charge in [0.2, 0.25) is 5.91 Å². The van der Waals surface area contributed by atoms with Gasteiger partial charge in [-0.25, -0.2) is 0 Å². The molecule has 5 nitrogen and oxygen atoms in total. The highest BCUT2D eigenvalue weighted by atomic mass is 16.5. The third-order valence-corrected chi connectivity index (χ3v) is 2.96. The summed E-state index contributed by atoms with van der Waals surface area (Å²) in [6.07, 6.45) is 0. The fraction of sp³-hybridized carbons (Fsp3) is 0.467. The summed E-state index contributed by atoms with van der Waals surface area (Å²) >= 11 is 0. The van der Waals surface area contributed by atoms with Crippen LogP contribution in [0.2, 0.25) is 0 Å². The molecule has 110 valence electrons. The highest BCUT2D eigenvalue weighted by molar-refractivity contribution is 5.83. The third-order valence-electron chi connectivity index (χ3n) is 2.96. The van der Waals surface area contributed by atoms with Gasteiger partial charge in [0, 0.05) is 17.5 Å². The summed E-state index contributed by atoms with van der Waals surface area (Å²) in [5.74, 6) is -1.51. The van der Waals surface area contributed by atoms with E-state index in [2.05, 4.69) is 5.32 Å². The second kappa shape index (κ2) is 6.41. The Balaban J connectivity index is 2.91. The van der Waals surface area contributed by atoms with Gasteiger partial charge in [-0.2, -0.15) is 0 Å². The smallest absolute Gasteiger partial charge is 0.312 e. The van der Waals surface area contributed by atoms with E-state index in [1.54, 1.807) is 45.0 Å². The molecule has 0 radical (unpaired) electrons. The van der Waals surface area contributed by atoms with Crippen LogP contribution in [-0.2, 0) is 9.59 Å².